The molecule has 2 aromatic carbocycles. The van der Waals surface area contributed by atoms with Gasteiger partial charge in [-0.2, -0.15) is 0 Å². The number of para-hydroxylation sites is 1. The summed E-state index contributed by atoms with van der Waals surface area (Å²) in [7, 11) is 1.60. The van der Waals surface area contributed by atoms with Crippen LogP contribution in [0.25, 0.3) is 6.08 Å². The summed E-state index contributed by atoms with van der Waals surface area (Å²) in [4.78, 5) is 12.0. The Balaban J connectivity index is 2.03. The summed E-state index contributed by atoms with van der Waals surface area (Å²) in [6.07, 6.45) is 3.20. The van der Waals surface area contributed by atoms with Crippen LogP contribution in [0.5, 0.6) is 11.5 Å². The lowest BCUT2D eigenvalue weighted by molar-refractivity contribution is -0.111. The van der Waals surface area contributed by atoms with Crippen molar-refractivity contribution in [3.05, 3.63) is 60.2 Å². The van der Waals surface area contributed by atoms with Gasteiger partial charge < -0.3 is 14.8 Å². The van der Waals surface area contributed by atoms with Crippen LogP contribution in [0.15, 0.2) is 54.6 Å². The topological polar surface area (TPSA) is 47.6 Å². The van der Waals surface area contributed by atoms with Crippen molar-refractivity contribution in [2.24, 2.45) is 0 Å². The summed E-state index contributed by atoms with van der Waals surface area (Å²) < 4.78 is 10.6. The van der Waals surface area contributed by atoms with Crippen LogP contribution in [-0.2, 0) is 4.79 Å². The van der Waals surface area contributed by atoms with Crippen molar-refractivity contribution in [2.75, 3.05) is 19.0 Å². The third kappa shape index (κ3) is 4.38. The number of nitrogens with one attached hydrogen (secondary N) is 1. The van der Waals surface area contributed by atoms with Crippen LogP contribution in [0.2, 0.25) is 0 Å². The molecule has 0 bridgehead atoms. The number of carbonyl (C=O) groups is 1. The van der Waals surface area contributed by atoms with Gasteiger partial charge in [0.25, 0.3) is 0 Å². The molecule has 0 unspecified atom stereocenters. The van der Waals surface area contributed by atoms with Gasteiger partial charge in [-0.25, -0.2) is 0 Å². The molecular formula is C18H19NO3. The molecule has 0 heterocycles. The molecule has 2 aromatic rings. The molecule has 1 amide bonds. The molecule has 0 aliphatic carbocycles. The average molecular weight is 297 g/mol. The number of hydrogen-bond donors (Lipinski definition) is 1. The summed E-state index contributed by atoms with van der Waals surface area (Å²) in [6.45, 7) is 2.51. The van der Waals surface area contributed by atoms with E-state index >= 15 is 0 Å². The predicted molar refractivity (Wildman–Crippen MR) is 88.3 cm³/mol. The lowest BCUT2D eigenvalue weighted by Crippen LogP contribution is -2.07. The molecule has 2 rings (SSSR count). The predicted octanol–water partition coefficient (Wildman–Crippen LogP) is 3.75. The van der Waals surface area contributed by atoms with Crippen LogP contribution in [0, 0.1) is 0 Å². The van der Waals surface area contributed by atoms with Gasteiger partial charge in [-0.3, -0.25) is 4.79 Å². The van der Waals surface area contributed by atoms with E-state index in [-0.39, 0.29) is 5.91 Å². The number of carbonyl (C=O) groups excluding carboxylic acids is 1. The maximum Gasteiger partial charge on any atom is 0.248 e. The number of rotatable bonds is 6. The van der Waals surface area contributed by atoms with Gasteiger partial charge in [0.05, 0.1) is 13.7 Å². The van der Waals surface area contributed by atoms with E-state index in [2.05, 4.69) is 5.32 Å². The van der Waals surface area contributed by atoms with Crippen molar-refractivity contribution >= 4 is 17.7 Å². The Morgan fingerprint density at radius 3 is 2.77 bits per heavy atom. The number of hydrogen-bond acceptors (Lipinski definition) is 3. The largest absolute Gasteiger partial charge is 0.496 e. The first-order valence-electron chi connectivity index (χ1n) is 7.08. The van der Waals surface area contributed by atoms with E-state index in [1.807, 2.05) is 49.4 Å². The van der Waals surface area contributed by atoms with Crippen LogP contribution in [0.4, 0.5) is 5.69 Å². The van der Waals surface area contributed by atoms with Gasteiger partial charge >= 0.3 is 0 Å². The molecule has 0 radical (unpaired) electrons. The Hall–Kier alpha value is -2.75. The number of ether oxygens (including phenoxy) is 2. The van der Waals surface area contributed by atoms with Gasteiger partial charge in [-0.05, 0) is 31.2 Å². The highest BCUT2D eigenvalue weighted by molar-refractivity contribution is 6.02. The second-order valence-corrected chi connectivity index (χ2v) is 4.53. The molecule has 4 heteroatoms. The van der Waals surface area contributed by atoms with Crippen molar-refractivity contribution in [1.29, 1.82) is 0 Å². The van der Waals surface area contributed by atoms with Gasteiger partial charge in [-0.15, -0.1) is 0 Å². The fourth-order valence-corrected chi connectivity index (χ4v) is 1.98. The van der Waals surface area contributed by atoms with E-state index in [4.69, 9.17) is 9.47 Å². The Kier molecular flexibility index (Phi) is 5.60. The van der Waals surface area contributed by atoms with E-state index in [1.165, 1.54) is 6.08 Å². The highest BCUT2D eigenvalue weighted by atomic mass is 16.5. The average Bonchev–Trinajstić information content (AvgIpc) is 2.54. The normalized spacial score (nSPS) is 10.5. The van der Waals surface area contributed by atoms with Crippen LogP contribution >= 0.6 is 0 Å². The van der Waals surface area contributed by atoms with Crippen molar-refractivity contribution in [2.45, 2.75) is 6.92 Å². The molecule has 0 saturated carbocycles. The smallest absolute Gasteiger partial charge is 0.248 e. The van der Waals surface area contributed by atoms with Crippen molar-refractivity contribution in [3.63, 3.8) is 0 Å². The Morgan fingerprint density at radius 1 is 1.18 bits per heavy atom. The van der Waals surface area contributed by atoms with E-state index < -0.39 is 0 Å². The Labute approximate surface area is 130 Å². The molecule has 4 nitrogen and oxygen atoms in total. The van der Waals surface area contributed by atoms with E-state index in [0.29, 0.717) is 12.3 Å². The fourth-order valence-electron chi connectivity index (χ4n) is 1.98. The van der Waals surface area contributed by atoms with Crippen molar-refractivity contribution in [1.82, 2.24) is 0 Å². The first kappa shape index (κ1) is 15.6. The summed E-state index contributed by atoms with van der Waals surface area (Å²) in [6, 6.07) is 14.8. The zero-order valence-corrected chi connectivity index (χ0v) is 12.7. The summed E-state index contributed by atoms with van der Waals surface area (Å²) in [5.74, 6) is 1.25. The first-order chi connectivity index (χ1) is 10.7. The maximum atomic E-state index is 12.0. The molecule has 0 fully saturated rings. The van der Waals surface area contributed by atoms with Crippen molar-refractivity contribution in [3.8, 4) is 11.5 Å². The van der Waals surface area contributed by atoms with Crippen LogP contribution < -0.4 is 14.8 Å². The molecule has 0 aromatic heterocycles. The SMILES string of the molecule is CCOc1cccc(NC(=O)/C=C/c2ccccc2OC)c1. The third-order valence-electron chi connectivity index (χ3n) is 2.97. The van der Waals surface area contributed by atoms with Gasteiger partial charge in [0.15, 0.2) is 0 Å². The fraction of sp³-hybridized carbons (Fsp3) is 0.167. The zero-order valence-electron chi connectivity index (χ0n) is 12.7. The number of amides is 1. The molecule has 0 aliphatic rings. The molecule has 0 atom stereocenters. The minimum absolute atomic E-state index is 0.209. The molecule has 114 valence electrons. The zero-order chi connectivity index (χ0) is 15.8. The first-order valence-corrected chi connectivity index (χ1v) is 7.08. The summed E-state index contributed by atoms with van der Waals surface area (Å²) in [5, 5.41) is 2.80. The number of methoxy groups -OCH3 is 1. The van der Waals surface area contributed by atoms with Crippen LogP contribution in [0.1, 0.15) is 12.5 Å². The lowest BCUT2D eigenvalue weighted by atomic mass is 10.2. The van der Waals surface area contributed by atoms with Crippen LogP contribution in [0.3, 0.4) is 0 Å². The third-order valence-corrected chi connectivity index (χ3v) is 2.97. The molecule has 22 heavy (non-hydrogen) atoms. The second-order valence-electron chi connectivity index (χ2n) is 4.53. The number of benzene rings is 2. The Bertz CT molecular complexity index is 665. The molecule has 0 spiro atoms. The van der Waals surface area contributed by atoms with Gasteiger partial charge in [0, 0.05) is 23.4 Å². The number of anilines is 1. The van der Waals surface area contributed by atoms with E-state index in [1.54, 1.807) is 19.3 Å². The van der Waals surface area contributed by atoms with Crippen LogP contribution in [-0.4, -0.2) is 19.6 Å². The highest BCUT2D eigenvalue weighted by Gasteiger charge is 2.01. The summed E-state index contributed by atoms with van der Waals surface area (Å²) >= 11 is 0. The standard InChI is InChI=1S/C18H19NO3/c1-3-22-16-9-6-8-15(13-16)19-18(20)12-11-14-7-4-5-10-17(14)21-2/h4-13H,3H2,1-2H3,(H,19,20)/b12-11+. The molecule has 0 aliphatic heterocycles. The molecule has 1 N–H and O–H groups in total. The molecular weight excluding hydrogens is 278 g/mol. The highest BCUT2D eigenvalue weighted by Crippen LogP contribution is 2.19. The maximum absolute atomic E-state index is 12.0. The van der Waals surface area contributed by atoms with E-state index in [9.17, 15) is 4.79 Å². The quantitative estimate of drug-likeness (QED) is 0.826. The lowest BCUT2D eigenvalue weighted by Gasteiger charge is -2.06. The van der Waals surface area contributed by atoms with E-state index in [0.717, 1.165) is 17.1 Å². The monoisotopic (exact) mass is 297 g/mol. The Morgan fingerprint density at radius 2 is 2.00 bits per heavy atom. The van der Waals surface area contributed by atoms with Crippen molar-refractivity contribution < 1.29 is 14.3 Å². The second kappa shape index (κ2) is 7.88. The minimum Gasteiger partial charge on any atom is -0.496 e. The van der Waals surface area contributed by atoms with Gasteiger partial charge in [-0.1, -0.05) is 24.3 Å². The summed E-state index contributed by atoms with van der Waals surface area (Å²) in [5.41, 5.74) is 1.55. The molecule has 0 saturated heterocycles. The minimum atomic E-state index is -0.209. The van der Waals surface area contributed by atoms with Gasteiger partial charge in [0.1, 0.15) is 11.5 Å². The van der Waals surface area contributed by atoms with Gasteiger partial charge in [0.2, 0.25) is 5.91 Å².